The molecule has 0 aromatic heterocycles. The minimum Gasteiger partial charge on any atom is -0.481 e. The standard InChI is InChI=1S/C12H23NO2/c1-9-3-5-11(6-4-9)8-13-10(2)7-12(14)15/h9-11,13H,3-8H2,1-2H3,(H,14,15). The van der Waals surface area contributed by atoms with Crippen LogP contribution in [0.15, 0.2) is 0 Å². The van der Waals surface area contributed by atoms with Gasteiger partial charge in [-0.15, -0.1) is 0 Å². The topological polar surface area (TPSA) is 49.3 Å². The van der Waals surface area contributed by atoms with Gasteiger partial charge in [0.15, 0.2) is 0 Å². The van der Waals surface area contributed by atoms with Gasteiger partial charge in [-0.05, 0) is 38.1 Å². The molecule has 1 atom stereocenters. The van der Waals surface area contributed by atoms with Crippen LogP contribution < -0.4 is 5.32 Å². The average Bonchev–Trinajstić information content (AvgIpc) is 2.16. The van der Waals surface area contributed by atoms with E-state index >= 15 is 0 Å². The Bertz CT molecular complexity index is 198. The molecule has 0 spiro atoms. The number of carboxylic acids is 1. The van der Waals surface area contributed by atoms with Crippen molar-refractivity contribution in [3.63, 3.8) is 0 Å². The number of aliphatic carboxylic acids is 1. The summed E-state index contributed by atoms with van der Waals surface area (Å²) in [7, 11) is 0. The molecule has 3 heteroatoms. The van der Waals surface area contributed by atoms with E-state index in [1.165, 1.54) is 25.7 Å². The molecule has 0 radical (unpaired) electrons. The van der Waals surface area contributed by atoms with Crippen LogP contribution in [0.5, 0.6) is 0 Å². The summed E-state index contributed by atoms with van der Waals surface area (Å²) >= 11 is 0. The van der Waals surface area contributed by atoms with Gasteiger partial charge >= 0.3 is 5.97 Å². The number of hydrogen-bond acceptors (Lipinski definition) is 2. The van der Waals surface area contributed by atoms with Crippen LogP contribution in [0, 0.1) is 11.8 Å². The smallest absolute Gasteiger partial charge is 0.304 e. The Labute approximate surface area is 92.3 Å². The Hall–Kier alpha value is -0.570. The largest absolute Gasteiger partial charge is 0.481 e. The van der Waals surface area contributed by atoms with E-state index in [1.807, 2.05) is 6.92 Å². The lowest BCUT2D eigenvalue weighted by molar-refractivity contribution is -0.137. The van der Waals surface area contributed by atoms with Crippen molar-refractivity contribution in [2.45, 2.75) is 52.0 Å². The van der Waals surface area contributed by atoms with E-state index in [1.54, 1.807) is 0 Å². The maximum absolute atomic E-state index is 10.5. The van der Waals surface area contributed by atoms with Gasteiger partial charge in [-0.1, -0.05) is 19.8 Å². The molecule has 15 heavy (non-hydrogen) atoms. The molecular formula is C12H23NO2. The van der Waals surface area contributed by atoms with Crippen LogP contribution in [-0.2, 0) is 4.79 Å². The second-order valence-corrected chi connectivity index (χ2v) is 5.03. The highest BCUT2D eigenvalue weighted by molar-refractivity contribution is 5.67. The lowest BCUT2D eigenvalue weighted by Gasteiger charge is -2.27. The Balaban J connectivity index is 2.11. The zero-order chi connectivity index (χ0) is 11.3. The van der Waals surface area contributed by atoms with E-state index in [0.29, 0.717) is 0 Å². The van der Waals surface area contributed by atoms with Crippen LogP contribution in [0.4, 0.5) is 0 Å². The van der Waals surface area contributed by atoms with Crippen molar-refractivity contribution < 1.29 is 9.90 Å². The highest BCUT2D eigenvalue weighted by atomic mass is 16.4. The van der Waals surface area contributed by atoms with Gasteiger partial charge in [0.25, 0.3) is 0 Å². The molecule has 1 aliphatic carbocycles. The first-order valence-corrected chi connectivity index (χ1v) is 6.03. The Morgan fingerprint density at radius 1 is 1.40 bits per heavy atom. The molecule has 0 aromatic rings. The van der Waals surface area contributed by atoms with Crippen LogP contribution in [-0.4, -0.2) is 23.7 Å². The third-order valence-corrected chi connectivity index (χ3v) is 3.37. The number of hydrogen-bond donors (Lipinski definition) is 2. The summed E-state index contributed by atoms with van der Waals surface area (Å²) in [5.41, 5.74) is 0. The summed E-state index contributed by atoms with van der Waals surface area (Å²) in [6.45, 7) is 5.25. The van der Waals surface area contributed by atoms with Crippen LogP contribution >= 0.6 is 0 Å². The molecule has 0 bridgehead atoms. The van der Waals surface area contributed by atoms with Gasteiger partial charge in [-0.3, -0.25) is 4.79 Å². The van der Waals surface area contributed by atoms with Gasteiger partial charge in [-0.2, -0.15) is 0 Å². The Morgan fingerprint density at radius 3 is 2.53 bits per heavy atom. The van der Waals surface area contributed by atoms with E-state index in [4.69, 9.17) is 5.11 Å². The summed E-state index contributed by atoms with van der Waals surface area (Å²) in [4.78, 5) is 10.5. The van der Waals surface area contributed by atoms with Crippen LogP contribution in [0.2, 0.25) is 0 Å². The van der Waals surface area contributed by atoms with Crippen molar-refractivity contribution in [3.8, 4) is 0 Å². The van der Waals surface area contributed by atoms with Gasteiger partial charge in [0, 0.05) is 6.04 Å². The first kappa shape index (κ1) is 12.5. The molecule has 1 fully saturated rings. The van der Waals surface area contributed by atoms with E-state index < -0.39 is 5.97 Å². The average molecular weight is 213 g/mol. The van der Waals surface area contributed by atoms with Crippen molar-refractivity contribution in [2.24, 2.45) is 11.8 Å². The zero-order valence-corrected chi connectivity index (χ0v) is 9.83. The predicted molar refractivity (Wildman–Crippen MR) is 60.8 cm³/mol. The number of rotatable bonds is 5. The SMILES string of the molecule is CC1CCC(CNC(C)CC(=O)O)CC1. The van der Waals surface area contributed by atoms with Crippen LogP contribution in [0.3, 0.4) is 0 Å². The normalized spacial score (nSPS) is 28.7. The molecule has 1 rings (SSSR count). The molecule has 88 valence electrons. The second kappa shape index (κ2) is 6.11. The van der Waals surface area contributed by atoms with Crippen molar-refractivity contribution in [1.29, 1.82) is 0 Å². The van der Waals surface area contributed by atoms with Gasteiger partial charge in [0.2, 0.25) is 0 Å². The molecule has 3 nitrogen and oxygen atoms in total. The minimum absolute atomic E-state index is 0.0989. The first-order valence-electron chi connectivity index (χ1n) is 6.03. The maximum Gasteiger partial charge on any atom is 0.304 e. The molecule has 0 amide bonds. The zero-order valence-electron chi connectivity index (χ0n) is 9.83. The van der Waals surface area contributed by atoms with Crippen molar-refractivity contribution in [2.75, 3.05) is 6.54 Å². The predicted octanol–water partition coefficient (Wildman–Crippen LogP) is 2.27. The fraction of sp³-hybridized carbons (Fsp3) is 0.917. The quantitative estimate of drug-likeness (QED) is 0.736. The lowest BCUT2D eigenvalue weighted by Crippen LogP contribution is -2.34. The number of nitrogens with one attached hydrogen (secondary N) is 1. The van der Waals surface area contributed by atoms with E-state index in [2.05, 4.69) is 12.2 Å². The third kappa shape index (κ3) is 5.17. The van der Waals surface area contributed by atoms with Crippen LogP contribution in [0.25, 0.3) is 0 Å². The third-order valence-electron chi connectivity index (χ3n) is 3.37. The van der Waals surface area contributed by atoms with Gasteiger partial charge in [0.1, 0.15) is 0 Å². The highest BCUT2D eigenvalue weighted by Gasteiger charge is 2.18. The summed E-state index contributed by atoms with van der Waals surface area (Å²) < 4.78 is 0. The molecule has 1 saturated carbocycles. The molecular weight excluding hydrogens is 190 g/mol. The molecule has 2 N–H and O–H groups in total. The molecule has 0 saturated heterocycles. The highest BCUT2D eigenvalue weighted by Crippen LogP contribution is 2.27. The fourth-order valence-electron chi connectivity index (χ4n) is 2.24. The Morgan fingerprint density at radius 2 is 2.00 bits per heavy atom. The van der Waals surface area contributed by atoms with Crippen molar-refractivity contribution in [3.05, 3.63) is 0 Å². The van der Waals surface area contributed by atoms with Gasteiger partial charge < -0.3 is 10.4 Å². The fourth-order valence-corrected chi connectivity index (χ4v) is 2.24. The molecule has 0 aromatic carbocycles. The van der Waals surface area contributed by atoms with Crippen molar-refractivity contribution in [1.82, 2.24) is 5.32 Å². The summed E-state index contributed by atoms with van der Waals surface area (Å²) in [5, 5.41) is 11.9. The molecule has 0 heterocycles. The second-order valence-electron chi connectivity index (χ2n) is 5.03. The summed E-state index contributed by atoms with van der Waals surface area (Å²) in [6, 6.07) is 0.0989. The van der Waals surface area contributed by atoms with E-state index in [9.17, 15) is 4.79 Å². The van der Waals surface area contributed by atoms with E-state index in [0.717, 1.165) is 18.4 Å². The molecule has 1 unspecified atom stereocenters. The van der Waals surface area contributed by atoms with Gasteiger partial charge in [-0.25, -0.2) is 0 Å². The Kier molecular flexibility index (Phi) is 5.09. The summed E-state index contributed by atoms with van der Waals surface area (Å²) in [5.74, 6) is 0.933. The van der Waals surface area contributed by atoms with Crippen LogP contribution in [0.1, 0.15) is 46.0 Å². The van der Waals surface area contributed by atoms with Gasteiger partial charge in [0.05, 0.1) is 6.42 Å². The monoisotopic (exact) mass is 213 g/mol. The number of carbonyl (C=O) groups is 1. The first-order chi connectivity index (χ1) is 7.08. The lowest BCUT2D eigenvalue weighted by atomic mass is 9.83. The van der Waals surface area contributed by atoms with E-state index in [-0.39, 0.29) is 12.5 Å². The molecule has 0 aliphatic heterocycles. The number of carboxylic acid groups (broad SMARTS) is 1. The summed E-state index contributed by atoms with van der Waals surface area (Å²) in [6.07, 6.45) is 5.49. The minimum atomic E-state index is -0.715. The maximum atomic E-state index is 10.5. The molecule has 1 aliphatic rings. The van der Waals surface area contributed by atoms with Crippen molar-refractivity contribution >= 4 is 5.97 Å².